The summed E-state index contributed by atoms with van der Waals surface area (Å²) in [7, 11) is 8.29. The number of rotatable bonds is 10. The third kappa shape index (κ3) is 7.16. The van der Waals surface area contributed by atoms with Crippen LogP contribution < -0.4 is 29.6 Å². The molecule has 0 bridgehead atoms. The van der Waals surface area contributed by atoms with Crippen molar-refractivity contribution in [3.63, 3.8) is 0 Å². The van der Waals surface area contributed by atoms with Gasteiger partial charge in [0.15, 0.2) is 17.5 Å². The van der Waals surface area contributed by atoms with Gasteiger partial charge in [0.25, 0.3) is 0 Å². The van der Waals surface area contributed by atoms with Crippen LogP contribution in [0.5, 0.6) is 23.0 Å². The van der Waals surface area contributed by atoms with Crippen LogP contribution in [0.4, 0.5) is 0 Å². The third-order valence-corrected chi connectivity index (χ3v) is 4.56. The molecule has 0 radical (unpaired) electrons. The summed E-state index contributed by atoms with van der Waals surface area (Å²) in [4.78, 5) is 4.28. The summed E-state index contributed by atoms with van der Waals surface area (Å²) in [5, 5.41) is 6.66. The number of hydrogen-bond acceptors (Lipinski definition) is 5. The van der Waals surface area contributed by atoms with Gasteiger partial charge in [-0.15, -0.1) is 24.0 Å². The smallest absolute Gasteiger partial charge is 0.203 e. The van der Waals surface area contributed by atoms with E-state index in [1.54, 1.807) is 35.5 Å². The van der Waals surface area contributed by atoms with Gasteiger partial charge >= 0.3 is 0 Å². The van der Waals surface area contributed by atoms with Crippen LogP contribution in [0.3, 0.4) is 0 Å². The molecule has 0 aliphatic carbocycles. The number of halogens is 1. The Morgan fingerprint density at radius 1 is 0.767 bits per heavy atom. The van der Waals surface area contributed by atoms with Crippen LogP contribution in [0, 0.1) is 0 Å². The highest BCUT2D eigenvalue weighted by Crippen LogP contribution is 2.39. The minimum Gasteiger partial charge on any atom is -0.497 e. The van der Waals surface area contributed by atoms with Crippen LogP contribution in [-0.2, 0) is 12.8 Å². The zero-order valence-electron chi connectivity index (χ0n) is 18.3. The second-order valence-electron chi connectivity index (χ2n) is 6.27. The van der Waals surface area contributed by atoms with Gasteiger partial charge in [0.05, 0.1) is 28.4 Å². The van der Waals surface area contributed by atoms with Gasteiger partial charge in [-0.25, -0.2) is 0 Å². The standard InChI is InChI=1S/C22H31N3O4.HI/c1-23-22(24-14-12-16-6-9-18(26-2)10-7-16)25-15-13-17-8-11-19(27-3)21(29-5)20(17)28-4;/h6-11H,12-15H2,1-5H3,(H2,23,24,25);1H. The molecule has 0 saturated heterocycles. The average Bonchev–Trinajstić information content (AvgIpc) is 2.77. The number of nitrogens with one attached hydrogen (secondary N) is 2. The summed E-state index contributed by atoms with van der Waals surface area (Å²) in [6, 6.07) is 12.0. The molecule has 0 aliphatic heterocycles. The Morgan fingerprint density at radius 3 is 1.93 bits per heavy atom. The molecule has 0 aliphatic rings. The van der Waals surface area contributed by atoms with E-state index in [1.807, 2.05) is 24.3 Å². The highest BCUT2D eigenvalue weighted by atomic mass is 127. The van der Waals surface area contributed by atoms with Crippen LogP contribution in [0.1, 0.15) is 11.1 Å². The number of hydrogen-bond donors (Lipinski definition) is 2. The van der Waals surface area contributed by atoms with E-state index in [0.717, 1.165) is 36.7 Å². The second kappa shape index (κ2) is 13.8. The monoisotopic (exact) mass is 529 g/mol. The molecular formula is C22H32IN3O4. The lowest BCUT2D eigenvalue weighted by Gasteiger charge is -2.16. The molecule has 0 heterocycles. The molecule has 0 atom stereocenters. The fraction of sp³-hybridized carbons (Fsp3) is 0.409. The predicted octanol–water partition coefficient (Wildman–Crippen LogP) is 3.29. The highest BCUT2D eigenvalue weighted by Gasteiger charge is 2.15. The van der Waals surface area contributed by atoms with Gasteiger partial charge in [0.1, 0.15) is 5.75 Å². The Hall–Kier alpha value is -2.36. The zero-order chi connectivity index (χ0) is 21.1. The molecule has 0 spiro atoms. The molecular weight excluding hydrogens is 497 g/mol. The third-order valence-electron chi connectivity index (χ3n) is 4.56. The maximum atomic E-state index is 5.54. The summed E-state index contributed by atoms with van der Waals surface area (Å²) in [6.45, 7) is 1.49. The number of ether oxygens (including phenoxy) is 4. The van der Waals surface area contributed by atoms with Gasteiger partial charge in [-0.2, -0.15) is 0 Å². The minimum absolute atomic E-state index is 0. The summed E-state index contributed by atoms with van der Waals surface area (Å²) < 4.78 is 21.5. The molecule has 0 aromatic heterocycles. The number of aliphatic imine (C=N–C) groups is 1. The van der Waals surface area contributed by atoms with Crippen LogP contribution >= 0.6 is 24.0 Å². The van der Waals surface area contributed by atoms with Crippen molar-refractivity contribution >= 4 is 29.9 Å². The largest absolute Gasteiger partial charge is 0.497 e. The molecule has 2 N–H and O–H groups in total. The van der Waals surface area contributed by atoms with Gasteiger partial charge < -0.3 is 29.6 Å². The second-order valence-corrected chi connectivity index (χ2v) is 6.27. The molecule has 0 saturated carbocycles. The molecule has 0 unspecified atom stereocenters. The summed E-state index contributed by atoms with van der Waals surface area (Å²) in [6.07, 6.45) is 1.65. The van der Waals surface area contributed by atoms with E-state index in [2.05, 4.69) is 27.8 Å². The Bertz CT molecular complexity index is 798. The Morgan fingerprint density at radius 2 is 1.40 bits per heavy atom. The van der Waals surface area contributed by atoms with Gasteiger partial charge in [-0.3, -0.25) is 4.99 Å². The molecule has 0 fully saturated rings. The quantitative estimate of drug-likeness (QED) is 0.280. The van der Waals surface area contributed by atoms with E-state index in [9.17, 15) is 0 Å². The topological polar surface area (TPSA) is 73.3 Å². The maximum Gasteiger partial charge on any atom is 0.203 e. The van der Waals surface area contributed by atoms with Crippen molar-refractivity contribution in [2.24, 2.45) is 4.99 Å². The number of benzene rings is 2. The summed E-state index contributed by atoms with van der Waals surface area (Å²) >= 11 is 0. The Labute approximate surface area is 196 Å². The first kappa shape index (κ1) is 25.7. The summed E-state index contributed by atoms with van der Waals surface area (Å²) in [5.41, 5.74) is 2.27. The first-order chi connectivity index (χ1) is 14.2. The molecule has 0 amide bonds. The van der Waals surface area contributed by atoms with Crippen molar-refractivity contribution in [3.8, 4) is 23.0 Å². The predicted molar refractivity (Wildman–Crippen MR) is 131 cm³/mol. The lowest BCUT2D eigenvalue weighted by Crippen LogP contribution is -2.39. The Kier molecular flexibility index (Phi) is 11.8. The van der Waals surface area contributed by atoms with Crippen LogP contribution in [0.25, 0.3) is 0 Å². The molecule has 8 heteroatoms. The molecule has 2 aromatic rings. The Balaban J connectivity index is 0.00000450. The fourth-order valence-electron chi connectivity index (χ4n) is 3.01. The first-order valence-electron chi connectivity index (χ1n) is 9.52. The van der Waals surface area contributed by atoms with E-state index in [0.29, 0.717) is 23.8 Å². The molecule has 30 heavy (non-hydrogen) atoms. The van der Waals surface area contributed by atoms with Crippen molar-refractivity contribution in [2.45, 2.75) is 12.8 Å². The van der Waals surface area contributed by atoms with Crippen LogP contribution in [0.15, 0.2) is 41.4 Å². The van der Waals surface area contributed by atoms with E-state index in [1.165, 1.54) is 5.56 Å². The molecule has 2 rings (SSSR count). The van der Waals surface area contributed by atoms with Gasteiger partial charge in [-0.1, -0.05) is 18.2 Å². The lowest BCUT2D eigenvalue weighted by molar-refractivity contribution is 0.322. The fourth-order valence-corrected chi connectivity index (χ4v) is 3.01. The summed E-state index contributed by atoms with van der Waals surface area (Å²) in [5.74, 6) is 3.57. The normalized spacial score (nSPS) is 10.6. The number of guanidine groups is 1. The van der Waals surface area contributed by atoms with Gasteiger partial charge in [-0.05, 0) is 36.6 Å². The number of nitrogens with zero attached hydrogens (tertiary/aromatic N) is 1. The average molecular weight is 529 g/mol. The molecule has 2 aromatic carbocycles. The van der Waals surface area contributed by atoms with E-state index < -0.39 is 0 Å². The van der Waals surface area contributed by atoms with Crippen molar-refractivity contribution in [3.05, 3.63) is 47.5 Å². The van der Waals surface area contributed by atoms with Gasteiger partial charge in [0.2, 0.25) is 5.75 Å². The van der Waals surface area contributed by atoms with Crippen molar-refractivity contribution in [2.75, 3.05) is 48.6 Å². The lowest BCUT2D eigenvalue weighted by atomic mass is 10.1. The highest BCUT2D eigenvalue weighted by molar-refractivity contribution is 14.0. The van der Waals surface area contributed by atoms with Crippen LogP contribution in [-0.4, -0.2) is 54.5 Å². The van der Waals surface area contributed by atoms with Crippen molar-refractivity contribution < 1.29 is 18.9 Å². The number of methoxy groups -OCH3 is 4. The van der Waals surface area contributed by atoms with E-state index in [4.69, 9.17) is 18.9 Å². The SMILES string of the molecule is CN=C(NCCc1ccc(OC)cc1)NCCc1ccc(OC)c(OC)c1OC.I. The first-order valence-corrected chi connectivity index (χ1v) is 9.52. The molecule has 166 valence electrons. The zero-order valence-corrected chi connectivity index (χ0v) is 20.6. The van der Waals surface area contributed by atoms with Crippen LogP contribution in [0.2, 0.25) is 0 Å². The molecule has 7 nitrogen and oxygen atoms in total. The van der Waals surface area contributed by atoms with E-state index in [-0.39, 0.29) is 24.0 Å². The minimum atomic E-state index is 0. The van der Waals surface area contributed by atoms with Crippen molar-refractivity contribution in [1.82, 2.24) is 10.6 Å². The maximum absolute atomic E-state index is 5.54. The van der Waals surface area contributed by atoms with Gasteiger partial charge in [0, 0.05) is 25.7 Å². The van der Waals surface area contributed by atoms with E-state index >= 15 is 0 Å². The van der Waals surface area contributed by atoms with Crippen molar-refractivity contribution in [1.29, 1.82) is 0 Å².